The maximum Gasteiger partial charge on any atom is 0.372 e. The largest absolute Gasteiger partial charge is 0.504 e. The first-order valence-electron chi connectivity index (χ1n) is 10.0. The van der Waals surface area contributed by atoms with Crippen LogP contribution in [0.5, 0.6) is 0 Å². The third-order valence-corrected chi connectivity index (χ3v) is 8.48. The van der Waals surface area contributed by atoms with E-state index in [4.69, 9.17) is 0 Å². The lowest BCUT2D eigenvalue weighted by Crippen LogP contribution is -2.51. The average molecular weight is 372 g/mol. The molecule has 4 aliphatic rings. The first-order chi connectivity index (χ1) is 12.6. The van der Waals surface area contributed by atoms with Crippen LogP contribution in [0.25, 0.3) is 0 Å². The van der Waals surface area contributed by atoms with Gasteiger partial charge in [0.2, 0.25) is 11.6 Å². The molecule has 27 heavy (non-hydrogen) atoms. The van der Waals surface area contributed by atoms with Crippen molar-refractivity contribution >= 4 is 17.5 Å². The lowest BCUT2D eigenvalue weighted by molar-refractivity contribution is -0.155. The van der Waals surface area contributed by atoms with Gasteiger partial charge in [0.15, 0.2) is 5.76 Å². The first kappa shape index (κ1) is 18.5. The summed E-state index contributed by atoms with van der Waals surface area (Å²) in [5.41, 5.74) is 0.518. The number of Topliss-reactive ketones (excluding diaryl/α,β-unsaturated/α-hetero) is 1. The molecular weight excluding hydrogens is 344 g/mol. The lowest BCUT2D eigenvalue weighted by atomic mass is 9.47. The van der Waals surface area contributed by atoms with Gasteiger partial charge in [0.05, 0.1) is 0 Å². The maximum absolute atomic E-state index is 12.5. The topological polar surface area (TPSA) is 91.7 Å². The predicted molar refractivity (Wildman–Crippen MR) is 98.9 cm³/mol. The summed E-state index contributed by atoms with van der Waals surface area (Å²) >= 11 is 0. The van der Waals surface area contributed by atoms with E-state index in [1.807, 2.05) is 6.92 Å². The van der Waals surface area contributed by atoms with Crippen molar-refractivity contribution < 1.29 is 24.6 Å². The molecule has 0 unspecified atom stereocenters. The molecule has 0 saturated heterocycles. The number of aliphatic hydroxyl groups is 1. The molecule has 5 heteroatoms. The second-order valence-corrected chi connectivity index (χ2v) is 9.67. The molecule has 146 valence electrons. The van der Waals surface area contributed by atoms with Gasteiger partial charge in [-0.1, -0.05) is 26.3 Å². The highest BCUT2D eigenvalue weighted by molar-refractivity contribution is 6.33. The zero-order chi connectivity index (χ0) is 19.7. The Balaban J connectivity index is 1.70. The van der Waals surface area contributed by atoms with E-state index in [0.717, 1.165) is 37.7 Å². The molecule has 0 aliphatic heterocycles. The normalized spacial score (nSPS) is 45.9. The highest BCUT2D eigenvalue weighted by Gasteiger charge is 2.62. The molecule has 0 spiro atoms. The minimum absolute atomic E-state index is 0.0731. The van der Waals surface area contributed by atoms with Crippen LogP contribution in [-0.2, 0) is 14.4 Å². The summed E-state index contributed by atoms with van der Waals surface area (Å²) < 4.78 is 0. The Morgan fingerprint density at radius 1 is 1.19 bits per heavy atom. The van der Waals surface area contributed by atoms with Crippen molar-refractivity contribution in [3.05, 3.63) is 23.5 Å². The average Bonchev–Trinajstić information content (AvgIpc) is 2.86. The monoisotopic (exact) mass is 372 g/mol. The molecule has 3 fully saturated rings. The fourth-order valence-electron chi connectivity index (χ4n) is 7.33. The molecule has 0 heterocycles. The van der Waals surface area contributed by atoms with Crippen LogP contribution >= 0.6 is 0 Å². The van der Waals surface area contributed by atoms with E-state index in [9.17, 15) is 24.6 Å². The predicted octanol–water partition coefficient (Wildman–Crippen LogP) is 3.70. The van der Waals surface area contributed by atoms with E-state index in [0.29, 0.717) is 17.8 Å². The smallest absolute Gasteiger partial charge is 0.372 e. The molecule has 0 bridgehead atoms. The van der Waals surface area contributed by atoms with E-state index in [1.165, 1.54) is 0 Å². The molecule has 0 amide bonds. The Kier molecular flexibility index (Phi) is 3.96. The van der Waals surface area contributed by atoms with Crippen molar-refractivity contribution in [2.24, 2.45) is 40.4 Å². The van der Waals surface area contributed by atoms with Gasteiger partial charge in [-0.2, -0.15) is 0 Å². The van der Waals surface area contributed by atoms with E-state index >= 15 is 0 Å². The van der Waals surface area contributed by atoms with Gasteiger partial charge in [0.1, 0.15) is 0 Å². The summed E-state index contributed by atoms with van der Waals surface area (Å²) in [7, 11) is 0. The Bertz CT molecular complexity index is 793. The number of carbonyl (C=O) groups excluding carboxylic acids is 2. The van der Waals surface area contributed by atoms with Crippen molar-refractivity contribution in [2.45, 2.75) is 52.9 Å². The quantitative estimate of drug-likeness (QED) is 0.721. The van der Waals surface area contributed by atoms with Crippen LogP contribution in [0.1, 0.15) is 52.9 Å². The summed E-state index contributed by atoms with van der Waals surface area (Å²) in [6, 6.07) is 0. The van der Waals surface area contributed by atoms with Crippen LogP contribution in [0, 0.1) is 40.4 Å². The summed E-state index contributed by atoms with van der Waals surface area (Å²) in [6.07, 6.45) is 7.75. The first-order valence-corrected chi connectivity index (χ1v) is 10.0. The van der Waals surface area contributed by atoms with Crippen molar-refractivity contribution in [3.63, 3.8) is 0 Å². The zero-order valence-electron chi connectivity index (χ0n) is 16.2. The summed E-state index contributed by atoms with van der Waals surface area (Å²) in [4.78, 5) is 35.8. The van der Waals surface area contributed by atoms with E-state index in [-0.39, 0.29) is 28.3 Å². The van der Waals surface area contributed by atoms with Crippen molar-refractivity contribution in [2.75, 3.05) is 0 Å². The van der Waals surface area contributed by atoms with Crippen LogP contribution < -0.4 is 0 Å². The second kappa shape index (κ2) is 5.79. The van der Waals surface area contributed by atoms with Gasteiger partial charge in [-0.25, -0.2) is 4.79 Å². The van der Waals surface area contributed by atoms with Crippen LogP contribution in [0.3, 0.4) is 0 Å². The molecule has 0 aromatic rings. The number of rotatable bonds is 2. The number of hydrogen-bond acceptors (Lipinski definition) is 4. The van der Waals surface area contributed by atoms with E-state index in [1.54, 1.807) is 12.2 Å². The summed E-state index contributed by atoms with van der Waals surface area (Å²) in [6.45, 7) is 6.26. The van der Waals surface area contributed by atoms with Gasteiger partial charge in [0.25, 0.3) is 0 Å². The number of hydrogen-bond donors (Lipinski definition) is 2. The van der Waals surface area contributed by atoms with Crippen LogP contribution in [0.2, 0.25) is 0 Å². The molecule has 0 aromatic heterocycles. The standard InChI is InChI=1S/C22H28O5/c1-11-8-15-13-5-4-12-9-16(23)17(24)10-22(12,3)14(13)6-7-21(15,2)18(11)19(25)20(26)27/h9-11,13-15,18,24H,4-8H2,1-3H3,(H,26,27)/t11-,13-,14+,15+,18-,21+,22+/m1/s1. The summed E-state index contributed by atoms with van der Waals surface area (Å²) in [5.74, 6) is -1.73. The maximum atomic E-state index is 12.5. The Morgan fingerprint density at radius 3 is 2.56 bits per heavy atom. The van der Waals surface area contributed by atoms with Crippen LogP contribution in [-0.4, -0.2) is 27.7 Å². The zero-order valence-corrected chi connectivity index (χ0v) is 16.2. The van der Waals surface area contributed by atoms with Gasteiger partial charge < -0.3 is 10.2 Å². The minimum atomic E-state index is -1.31. The fourth-order valence-corrected chi connectivity index (χ4v) is 7.33. The third-order valence-electron chi connectivity index (χ3n) is 8.48. The molecule has 3 saturated carbocycles. The van der Waals surface area contributed by atoms with Crippen molar-refractivity contribution in [3.8, 4) is 0 Å². The number of ketones is 2. The van der Waals surface area contributed by atoms with Gasteiger partial charge in [0, 0.05) is 11.3 Å². The highest BCUT2D eigenvalue weighted by atomic mass is 16.4. The molecule has 4 rings (SSSR count). The summed E-state index contributed by atoms with van der Waals surface area (Å²) in [5, 5.41) is 19.4. The van der Waals surface area contributed by atoms with E-state index < -0.39 is 17.7 Å². The Labute approximate surface area is 159 Å². The van der Waals surface area contributed by atoms with E-state index in [2.05, 4.69) is 13.8 Å². The molecular formula is C22H28O5. The molecule has 4 aliphatic carbocycles. The lowest BCUT2D eigenvalue weighted by Gasteiger charge is -2.56. The third kappa shape index (κ3) is 2.39. The van der Waals surface area contributed by atoms with Crippen LogP contribution in [0.15, 0.2) is 23.5 Å². The minimum Gasteiger partial charge on any atom is -0.504 e. The Hall–Kier alpha value is -1.91. The van der Waals surface area contributed by atoms with Crippen molar-refractivity contribution in [1.82, 2.24) is 0 Å². The SMILES string of the molecule is C[C@@H]1C[C@H]2[C@@H]3CCC4=CC(=O)C(O)=C[C@]4(C)[C@H]3CC[C@]2(C)[C@H]1C(=O)C(=O)O. The number of carbonyl (C=O) groups is 3. The van der Waals surface area contributed by atoms with Gasteiger partial charge in [-0.05, 0) is 73.3 Å². The number of allylic oxidation sites excluding steroid dienone is 3. The molecule has 7 atom stereocenters. The van der Waals surface area contributed by atoms with Gasteiger partial charge in [-0.15, -0.1) is 0 Å². The molecule has 0 aromatic carbocycles. The molecule has 5 nitrogen and oxygen atoms in total. The number of carboxylic acids is 1. The van der Waals surface area contributed by atoms with Gasteiger partial charge in [-0.3, -0.25) is 9.59 Å². The van der Waals surface area contributed by atoms with Crippen LogP contribution in [0.4, 0.5) is 0 Å². The van der Waals surface area contributed by atoms with Crippen molar-refractivity contribution in [1.29, 1.82) is 0 Å². The number of aliphatic hydroxyl groups excluding tert-OH is 1. The number of fused-ring (bicyclic) bond motifs is 5. The van der Waals surface area contributed by atoms with Gasteiger partial charge >= 0.3 is 5.97 Å². The number of carboxylic acid groups (broad SMARTS) is 1. The molecule has 0 radical (unpaired) electrons. The second-order valence-electron chi connectivity index (χ2n) is 9.67. The molecule has 2 N–H and O–H groups in total. The fraction of sp³-hybridized carbons (Fsp3) is 0.682. The highest BCUT2D eigenvalue weighted by Crippen LogP contribution is 2.67. The Morgan fingerprint density at radius 2 is 1.89 bits per heavy atom. The number of aliphatic carboxylic acids is 1.